The Kier molecular flexibility index (Phi) is 6.44. The number of carbonyl (C=O) groups excluding carboxylic acids is 1. The van der Waals surface area contributed by atoms with Crippen LogP contribution in [0.1, 0.15) is 45.1 Å². The number of rotatable bonds is 7. The van der Waals surface area contributed by atoms with Crippen molar-refractivity contribution in [2.45, 2.75) is 46.1 Å². The Morgan fingerprint density at radius 3 is 2.39 bits per heavy atom. The smallest absolute Gasteiger partial charge is 0.227 e. The SMILES string of the molecule is CCCC(CCC)C(=O)Nc1ccccc1CN. The number of nitrogens with two attached hydrogens (primary N) is 1. The van der Waals surface area contributed by atoms with Gasteiger partial charge in [-0.3, -0.25) is 4.79 Å². The molecule has 3 nitrogen and oxygen atoms in total. The van der Waals surface area contributed by atoms with Crippen LogP contribution in [0.25, 0.3) is 0 Å². The van der Waals surface area contributed by atoms with Crippen LogP contribution in [0, 0.1) is 5.92 Å². The van der Waals surface area contributed by atoms with Gasteiger partial charge in [0.15, 0.2) is 0 Å². The van der Waals surface area contributed by atoms with Gasteiger partial charge in [0.05, 0.1) is 0 Å². The second-order valence-corrected chi connectivity index (χ2v) is 4.62. The maximum atomic E-state index is 12.2. The lowest BCUT2D eigenvalue weighted by molar-refractivity contribution is -0.120. The van der Waals surface area contributed by atoms with E-state index in [1.165, 1.54) is 0 Å². The number of benzene rings is 1. The standard InChI is InChI=1S/C15H24N2O/c1-3-7-12(8-4-2)15(18)17-14-10-6-5-9-13(14)11-16/h5-6,9-10,12H,3-4,7-8,11,16H2,1-2H3,(H,17,18). The van der Waals surface area contributed by atoms with Crippen LogP contribution >= 0.6 is 0 Å². The summed E-state index contributed by atoms with van der Waals surface area (Å²) in [5.41, 5.74) is 7.50. The first-order valence-corrected chi connectivity index (χ1v) is 6.81. The highest BCUT2D eigenvalue weighted by Crippen LogP contribution is 2.19. The van der Waals surface area contributed by atoms with Crippen LogP contribution in [-0.2, 0) is 11.3 Å². The molecule has 1 rings (SSSR count). The Morgan fingerprint density at radius 1 is 1.22 bits per heavy atom. The highest BCUT2D eigenvalue weighted by Gasteiger charge is 2.17. The summed E-state index contributed by atoms with van der Waals surface area (Å²) in [6, 6.07) is 7.72. The minimum absolute atomic E-state index is 0.117. The van der Waals surface area contributed by atoms with Gasteiger partial charge in [-0.2, -0.15) is 0 Å². The molecular formula is C15H24N2O. The molecule has 1 aromatic carbocycles. The molecule has 0 fully saturated rings. The molecule has 0 aliphatic carbocycles. The summed E-state index contributed by atoms with van der Waals surface area (Å²) < 4.78 is 0. The van der Waals surface area contributed by atoms with Crippen LogP contribution in [0.2, 0.25) is 0 Å². The summed E-state index contributed by atoms with van der Waals surface area (Å²) in [5, 5.41) is 3.01. The van der Waals surface area contributed by atoms with Gasteiger partial charge < -0.3 is 11.1 Å². The van der Waals surface area contributed by atoms with Gasteiger partial charge in [-0.15, -0.1) is 0 Å². The molecule has 0 saturated heterocycles. The Bertz CT molecular complexity index is 371. The molecule has 0 aliphatic heterocycles. The van der Waals surface area contributed by atoms with Crippen molar-refractivity contribution < 1.29 is 4.79 Å². The molecule has 0 aromatic heterocycles. The van der Waals surface area contributed by atoms with Crippen molar-refractivity contribution in [3.05, 3.63) is 29.8 Å². The number of hydrogen-bond donors (Lipinski definition) is 2. The van der Waals surface area contributed by atoms with E-state index in [4.69, 9.17) is 5.73 Å². The first-order valence-electron chi connectivity index (χ1n) is 6.81. The molecule has 0 atom stereocenters. The molecule has 0 saturated carbocycles. The van der Waals surface area contributed by atoms with E-state index in [1.54, 1.807) is 0 Å². The fourth-order valence-corrected chi connectivity index (χ4v) is 2.16. The van der Waals surface area contributed by atoms with E-state index >= 15 is 0 Å². The molecule has 3 N–H and O–H groups in total. The molecule has 100 valence electrons. The predicted octanol–water partition coefficient (Wildman–Crippen LogP) is 3.30. The number of anilines is 1. The van der Waals surface area contributed by atoms with Gasteiger partial charge in [-0.1, -0.05) is 44.9 Å². The van der Waals surface area contributed by atoms with Gasteiger partial charge in [0, 0.05) is 18.2 Å². The summed E-state index contributed by atoms with van der Waals surface area (Å²) in [6.07, 6.45) is 3.97. The molecule has 0 spiro atoms. The zero-order valence-corrected chi connectivity index (χ0v) is 11.4. The number of para-hydroxylation sites is 1. The average molecular weight is 248 g/mol. The molecule has 3 heteroatoms. The van der Waals surface area contributed by atoms with E-state index in [1.807, 2.05) is 24.3 Å². The van der Waals surface area contributed by atoms with Crippen molar-refractivity contribution in [3.63, 3.8) is 0 Å². The van der Waals surface area contributed by atoms with Crippen molar-refractivity contribution in [3.8, 4) is 0 Å². The van der Waals surface area contributed by atoms with E-state index < -0.39 is 0 Å². The Hall–Kier alpha value is -1.35. The largest absolute Gasteiger partial charge is 0.326 e. The first kappa shape index (κ1) is 14.7. The minimum atomic E-state index is 0.117. The maximum Gasteiger partial charge on any atom is 0.227 e. The van der Waals surface area contributed by atoms with Crippen LogP contribution in [0.5, 0.6) is 0 Å². The van der Waals surface area contributed by atoms with Crippen LogP contribution in [0.3, 0.4) is 0 Å². The Balaban J connectivity index is 2.72. The van der Waals surface area contributed by atoms with Crippen molar-refractivity contribution in [2.24, 2.45) is 11.7 Å². The van der Waals surface area contributed by atoms with Crippen molar-refractivity contribution in [1.29, 1.82) is 0 Å². The summed E-state index contributed by atoms with van der Waals surface area (Å²) in [7, 11) is 0. The predicted molar refractivity (Wildman–Crippen MR) is 76.3 cm³/mol. The summed E-state index contributed by atoms with van der Waals surface area (Å²) in [5.74, 6) is 0.241. The second-order valence-electron chi connectivity index (χ2n) is 4.62. The van der Waals surface area contributed by atoms with Crippen molar-refractivity contribution in [2.75, 3.05) is 5.32 Å². The molecule has 18 heavy (non-hydrogen) atoms. The highest BCUT2D eigenvalue weighted by atomic mass is 16.1. The first-order chi connectivity index (χ1) is 8.72. The lowest BCUT2D eigenvalue weighted by Crippen LogP contribution is -2.23. The molecule has 0 bridgehead atoms. The molecule has 0 heterocycles. The topological polar surface area (TPSA) is 55.1 Å². The van der Waals surface area contributed by atoms with Crippen molar-refractivity contribution in [1.82, 2.24) is 0 Å². The summed E-state index contributed by atoms with van der Waals surface area (Å²) in [6.45, 7) is 4.68. The van der Waals surface area contributed by atoms with E-state index in [2.05, 4.69) is 19.2 Å². The van der Waals surface area contributed by atoms with E-state index in [0.717, 1.165) is 36.9 Å². The Morgan fingerprint density at radius 2 is 1.83 bits per heavy atom. The zero-order valence-electron chi connectivity index (χ0n) is 11.4. The molecule has 1 aromatic rings. The van der Waals surface area contributed by atoms with Crippen molar-refractivity contribution >= 4 is 11.6 Å². The van der Waals surface area contributed by atoms with Gasteiger partial charge in [-0.05, 0) is 24.5 Å². The van der Waals surface area contributed by atoms with Crippen LogP contribution in [0.15, 0.2) is 24.3 Å². The second kappa shape index (κ2) is 7.88. The Labute approximate surface area is 110 Å². The van der Waals surface area contributed by atoms with Gasteiger partial charge in [0.1, 0.15) is 0 Å². The molecule has 1 amide bonds. The quantitative estimate of drug-likeness (QED) is 0.778. The molecule has 0 aliphatic rings. The van der Waals surface area contributed by atoms with E-state index in [0.29, 0.717) is 6.54 Å². The molecule has 0 unspecified atom stereocenters. The molecular weight excluding hydrogens is 224 g/mol. The lowest BCUT2D eigenvalue weighted by atomic mass is 9.97. The maximum absolute atomic E-state index is 12.2. The fraction of sp³-hybridized carbons (Fsp3) is 0.533. The van der Waals surface area contributed by atoms with Crippen LogP contribution in [-0.4, -0.2) is 5.91 Å². The normalized spacial score (nSPS) is 10.7. The minimum Gasteiger partial charge on any atom is -0.326 e. The van der Waals surface area contributed by atoms with Gasteiger partial charge in [0.2, 0.25) is 5.91 Å². The lowest BCUT2D eigenvalue weighted by Gasteiger charge is -2.16. The fourth-order valence-electron chi connectivity index (χ4n) is 2.16. The molecule has 0 radical (unpaired) electrons. The third kappa shape index (κ3) is 4.15. The van der Waals surface area contributed by atoms with E-state index in [-0.39, 0.29) is 11.8 Å². The average Bonchev–Trinajstić information content (AvgIpc) is 2.39. The van der Waals surface area contributed by atoms with Gasteiger partial charge in [-0.25, -0.2) is 0 Å². The zero-order chi connectivity index (χ0) is 13.4. The number of nitrogens with one attached hydrogen (secondary N) is 1. The van der Waals surface area contributed by atoms with Crippen LogP contribution < -0.4 is 11.1 Å². The number of carbonyl (C=O) groups is 1. The van der Waals surface area contributed by atoms with Gasteiger partial charge in [0.25, 0.3) is 0 Å². The van der Waals surface area contributed by atoms with Crippen LogP contribution in [0.4, 0.5) is 5.69 Å². The summed E-state index contributed by atoms with van der Waals surface area (Å²) >= 11 is 0. The monoisotopic (exact) mass is 248 g/mol. The third-order valence-corrected chi connectivity index (χ3v) is 3.14. The van der Waals surface area contributed by atoms with E-state index in [9.17, 15) is 4.79 Å². The third-order valence-electron chi connectivity index (χ3n) is 3.14. The highest BCUT2D eigenvalue weighted by molar-refractivity contribution is 5.93. The number of amides is 1. The number of hydrogen-bond acceptors (Lipinski definition) is 2. The van der Waals surface area contributed by atoms with Gasteiger partial charge >= 0.3 is 0 Å². The summed E-state index contributed by atoms with van der Waals surface area (Å²) in [4.78, 5) is 12.2.